The standard InChI is InChI=1S/C15H21N3O4/c1-2-3-14(8-19,9-20)22-13(21)4-15(10-5-16-10,11-6-17-11)12-7-18-12/h5-7,16-20H,2-4,8-9H2,1H3. The van der Waals surface area contributed by atoms with Gasteiger partial charge in [0.05, 0.1) is 19.6 Å². The maximum atomic E-state index is 12.5. The van der Waals surface area contributed by atoms with Gasteiger partial charge < -0.3 is 30.9 Å². The van der Waals surface area contributed by atoms with Gasteiger partial charge in [0.2, 0.25) is 0 Å². The van der Waals surface area contributed by atoms with Crippen LogP contribution in [0.5, 0.6) is 0 Å². The first kappa shape index (κ1) is 14.9. The third-order valence-electron chi connectivity index (χ3n) is 4.27. The highest BCUT2D eigenvalue weighted by molar-refractivity contribution is 5.75. The van der Waals surface area contributed by atoms with E-state index in [9.17, 15) is 15.0 Å². The van der Waals surface area contributed by atoms with E-state index in [2.05, 4.69) is 16.0 Å². The van der Waals surface area contributed by atoms with Gasteiger partial charge in [0.15, 0.2) is 5.60 Å². The van der Waals surface area contributed by atoms with E-state index < -0.39 is 17.0 Å². The summed E-state index contributed by atoms with van der Waals surface area (Å²) in [5, 5.41) is 28.2. The maximum Gasteiger partial charge on any atom is 0.308 e. The van der Waals surface area contributed by atoms with Crippen LogP contribution in [0.1, 0.15) is 26.2 Å². The lowest BCUT2D eigenvalue weighted by molar-refractivity contribution is -0.172. The predicted molar refractivity (Wildman–Crippen MR) is 78.6 cm³/mol. The van der Waals surface area contributed by atoms with Crippen LogP contribution in [0, 0.1) is 5.41 Å². The largest absolute Gasteiger partial charge is 0.454 e. The van der Waals surface area contributed by atoms with E-state index in [0.29, 0.717) is 12.8 Å². The maximum absolute atomic E-state index is 12.5. The highest BCUT2D eigenvalue weighted by Gasteiger charge is 2.53. The Morgan fingerprint density at radius 2 is 1.55 bits per heavy atom. The molecule has 0 aromatic rings. The quantitative estimate of drug-likeness (QED) is 0.352. The minimum atomic E-state index is -1.21. The molecule has 0 amide bonds. The Morgan fingerprint density at radius 3 is 1.86 bits per heavy atom. The number of ether oxygens (including phenoxy) is 1. The Hall–Kier alpha value is -1.99. The highest BCUT2D eigenvalue weighted by atomic mass is 16.6. The molecule has 0 atom stereocenters. The minimum absolute atomic E-state index is 0.106. The summed E-state index contributed by atoms with van der Waals surface area (Å²) in [7, 11) is 0. The molecule has 0 saturated heterocycles. The van der Waals surface area contributed by atoms with Crippen molar-refractivity contribution in [1.82, 2.24) is 16.0 Å². The van der Waals surface area contributed by atoms with Gasteiger partial charge in [0.1, 0.15) is 5.41 Å². The molecule has 0 saturated carbocycles. The van der Waals surface area contributed by atoms with E-state index in [4.69, 9.17) is 4.74 Å². The summed E-state index contributed by atoms with van der Waals surface area (Å²) in [5.74, 6) is -0.449. The van der Waals surface area contributed by atoms with Gasteiger partial charge in [0, 0.05) is 35.7 Å². The van der Waals surface area contributed by atoms with Crippen molar-refractivity contribution in [2.24, 2.45) is 5.41 Å². The number of nitrogens with one attached hydrogen (secondary N) is 3. The smallest absolute Gasteiger partial charge is 0.308 e. The molecule has 22 heavy (non-hydrogen) atoms. The van der Waals surface area contributed by atoms with Gasteiger partial charge in [-0.15, -0.1) is 0 Å². The molecule has 0 fully saturated rings. The van der Waals surface area contributed by atoms with Crippen molar-refractivity contribution in [2.75, 3.05) is 13.2 Å². The van der Waals surface area contributed by atoms with Crippen LogP contribution < -0.4 is 16.0 Å². The van der Waals surface area contributed by atoms with Crippen molar-refractivity contribution in [2.45, 2.75) is 31.8 Å². The lowest BCUT2D eigenvalue weighted by atomic mass is 9.80. The van der Waals surface area contributed by atoms with Gasteiger partial charge in [-0.05, 0) is 6.42 Å². The summed E-state index contributed by atoms with van der Waals surface area (Å²) in [4.78, 5) is 12.5. The molecule has 0 unspecified atom stereocenters. The summed E-state index contributed by atoms with van der Waals surface area (Å²) in [5.41, 5.74) is 1.07. The van der Waals surface area contributed by atoms with Crippen LogP contribution in [-0.2, 0) is 9.53 Å². The molecule has 3 heterocycles. The van der Waals surface area contributed by atoms with Crippen LogP contribution in [0.15, 0.2) is 35.7 Å². The van der Waals surface area contributed by atoms with E-state index in [1.165, 1.54) is 0 Å². The van der Waals surface area contributed by atoms with Crippen molar-refractivity contribution in [3.63, 3.8) is 0 Å². The molecule has 0 aromatic heterocycles. The molecule has 7 nitrogen and oxygen atoms in total. The molecule has 120 valence electrons. The summed E-state index contributed by atoms with van der Waals surface area (Å²) >= 11 is 0. The number of carbonyl (C=O) groups excluding carboxylic acids is 1. The fraction of sp³-hybridized carbons (Fsp3) is 0.533. The van der Waals surface area contributed by atoms with Crippen LogP contribution >= 0.6 is 0 Å². The Bertz CT molecular complexity index is 525. The average Bonchev–Trinajstić information content (AvgIpc) is 3.38. The van der Waals surface area contributed by atoms with E-state index in [-0.39, 0.29) is 19.6 Å². The molecule has 0 aliphatic carbocycles. The van der Waals surface area contributed by atoms with Gasteiger partial charge in [0.25, 0.3) is 0 Å². The van der Waals surface area contributed by atoms with Gasteiger partial charge in [-0.1, -0.05) is 13.3 Å². The third kappa shape index (κ3) is 2.57. The molecule has 3 aliphatic heterocycles. The Balaban J connectivity index is 1.73. The van der Waals surface area contributed by atoms with Crippen molar-refractivity contribution in [3.05, 3.63) is 35.7 Å². The first-order valence-corrected chi connectivity index (χ1v) is 7.45. The highest BCUT2D eigenvalue weighted by Crippen LogP contribution is 2.51. The number of esters is 1. The molecule has 3 aliphatic rings. The van der Waals surface area contributed by atoms with E-state index in [1.807, 2.05) is 25.5 Å². The fourth-order valence-electron chi connectivity index (χ4n) is 2.84. The number of rotatable bonds is 10. The number of hydrogen-bond acceptors (Lipinski definition) is 7. The SMILES string of the molecule is CCCC(CO)(CO)OC(=O)CC(C1=CN1)(C1=CN1)C1=CN1. The monoisotopic (exact) mass is 307 g/mol. The van der Waals surface area contributed by atoms with E-state index in [0.717, 1.165) is 17.1 Å². The summed E-state index contributed by atoms with van der Waals surface area (Å²) < 4.78 is 5.46. The van der Waals surface area contributed by atoms with Crippen LogP contribution in [0.4, 0.5) is 0 Å². The van der Waals surface area contributed by atoms with Crippen LogP contribution in [0.25, 0.3) is 0 Å². The summed E-state index contributed by atoms with van der Waals surface area (Å²) in [6.07, 6.45) is 6.78. The molecule has 3 rings (SSSR count). The second kappa shape index (κ2) is 5.33. The fourth-order valence-corrected chi connectivity index (χ4v) is 2.84. The number of aliphatic hydroxyl groups is 2. The van der Waals surface area contributed by atoms with Crippen molar-refractivity contribution in [1.29, 1.82) is 0 Å². The molecule has 0 radical (unpaired) electrons. The molecule has 0 spiro atoms. The third-order valence-corrected chi connectivity index (χ3v) is 4.27. The first-order valence-electron chi connectivity index (χ1n) is 7.45. The normalized spacial score (nSPS) is 18.0. The van der Waals surface area contributed by atoms with E-state index >= 15 is 0 Å². The second-order valence-electron chi connectivity index (χ2n) is 5.91. The van der Waals surface area contributed by atoms with Crippen LogP contribution in [0.3, 0.4) is 0 Å². The van der Waals surface area contributed by atoms with Crippen molar-refractivity contribution in [3.8, 4) is 0 Å². The molecule has 0 aromatic carbocycles. The lowest BCUT2D eigenvalue weighted by Crippen LogP contribution is -2.44. The number of carbonyl (C=O) groups is 1. The Labute approximate surface area is 128 Å². The molecule has 0 bridgehead atoms. The zero-order valence-corrected chi connectivity index (χ0v) is 12.5. The average molecular weight is 307 g/mol. The van der Waals surface area contributed by atoms with Gasteiger partial charge >= 0.3 is 5.97 Å². The summed E-state index contributed by atoms with van der Waals surface area (Å²) in [6.45, 7) is 1.13. The predicted octanol–water partition coefficient (Wildman–Crippen LogP) is -0.237. The van der Waals surface area contributed by atoms with E-state index in [1.54, 1.807) is 0 Å². The van der Waals surface area contributed by atoms with Gasteiger partial charge in [-0.2, -0.15) is 0 Å². The van der Waals surface area contributed by atoms with Crippen LogP contribution in [-0.4, -0.2) is 35.0 Å². The minimum Gasteiger partial charge on any atom is -0.454 e. The van der Waals surface area contributed by atoms with Crippen LogP contribution in [0.2, 0.25) is 0 Å². The zero-order chi connectivity index (χ0) is 15.8. The number of aliphatic hydroxyl groups excluding tert-OH is 2. The van der Waals surface area contributed by atoms with Crippen molar-refractivity contribution < 1.29 is 19.7 Å². The second-order valence-corrected chi connectivity index (χ2v) is 5.91. The Morgan fingerprint density at radius 1 is 1.09 bits per heavy atom. The van der Waals surface area contributed by atoms with Gasteiger partial charge in [-0.3, -0.25) is 4.79 Å². The molecular formula is C15H21N3O4. The Kier molecular flexibility index (Phi) is 3.62. The zero-order valence-electron chi connectivity index (χ0n) is 12.5. The summed E-state index contributed by atoms with van der Waals surface area (Å²) in [6, 6.07) is 0. The van der Waals surface area contributed by atoms with Crippen molar-refractivity contribution >= 4 is 5.97 Å². The first-order chi connectivity index (χ1) is 10.6. The topological polar surface area (TPSA) is 133 Å². The molecule has 5 N–H and O–H groups in total. The number of hydrogen-bond donors (Lipinski definition) is 5. The molecular weight excluding hydrogens is 286 g/mol. The molecule has 7 heteroatoms. The van der Waals surface area contributed by atoms with Gasteiger partial charge in [-0.25, -0.2) is 0 Å². The lowest BCUT2D eigenvalue weighted by Gasteiger charge is -2.31.